The van der Waals surface area contributed by atoms with Crippen molar-refractivity contribution in [2.45, 2.75) is 6.42 Å². The van der Waals surface area contributed by atoms with E-state index in [9.17, 15) is 0 Å². The maximum Gasteiger partial charge on any atom is 0.0921 e. The van der Waals surface area contributed by atoms with Crippen LogP contribution in [0.5, 0.6) is 0 Å². The highest BCUT2D eigenvalue weighted by molar-refractivity contribution is 7.14. The normalized spacial score (nSPS) is 16.4. The van der Waals surface area contributed by atoms with Crippen LogP contribution in [-0.4, -0.2) is 6.54 Å². The van der Waals surface area contributed by atoms with Crippen molar-refractivity contribution >= 4 is 16.3 Å². The largest absolute Gasteiger partial charge is 0.377 e. The molecule has 0 saturated heterocycles. The fourth-order valence-corrected chi connectivity index (χ4v) is 1.75. The highest BCUT2D eigenvalue weighted by Crippen LogP contribution is 2.28. The first kappa shape index (κ1) is 5.30. The van der Waals surface area contributed by atoms with Crippen LogP contribution in [0, 0.1) is 6.42 Å². The number of nitrogens with one attached hydrogen (secondary N) is 1. The molecule has 0 atom stereocenters. The third kappa shape index (κ3) is 0.833. The van der Waals surface area contributed by atoms with Crippen LogP contribution in [-0.2, 0) is 0 Å². The van der Waals surface area contributed by atoms with Crippen LogP contribution in [0.3, 0.4) is 0 Å². The molecule has 0 aromatic carbocycles. The van der Waals surface area contributed by atoms with Crippen molar-refractivity contribution in [3.8, 4) is 0 Å². The van der Waals surface area contributed by atoms with Crippen LogP contribution in [0.2, 0.25) is 0 Å². The molecule has 0 bridgehead atoms. The monoisotopic (exact) mass is 137 g/mol. The second-order valence-corrected chi connectivity index (χ2v) is 2.93. The van der Waals surface area contributed by atoms with Crippen LogP contribution in [0.15, 0.2) is 11.4 Å². The molecule has 1 aliphatic rings. The summed E-state index contributed by atoms with van der Waals surface area (Å²) in [5.41, 5.74) is 1.26. The summed E-state index contributed by atoms with van der Waals surface area (Å²) in [5, 5.41) is 6.67. The van der Waals surface area contributed by atoms with E-state index in [1.165, 1.54) is 10.6 Å². The average Bonchev–Trinajstić information content (AvgIpc) is 2.33. The predicted octanol–water partition coefficient (Wildman–Crippen LogP) is 1.99. The minimum atomic E-state index is 1.05. The summed E-state index contributed by atoms with van der Waals surface area (Å²) in [6.45, 7) is 1.05. The molecule has 1 aromatic heterocycles. The highest BCUT2D eigenvalue weighted by atomic mass is 32.1. The van der Waals surface area contributed by atoms with Crippen molar-refractivity contribution in [2.24, 2.45) is 0 Å². The van der Waals surface area contributed by atoms with Gasteiger partial charge in [0.2, 0.25) is 0 Å². The fraction of sp³-hybridized carbons (Fsp3) is 0.286. The van der Waals surface area contributed by atoms with Crippen LogP contribution < -0.4 is 5.32 Å². The molecule has 2 heterocycles. The molecule has 2 rings (SSSR count). The summed E-state index contributed by atoms with van der Waals surface area (Å²) in [4.78, 5) is 0. The maximum atomic E-state index is 3.30. The van der Waals surface area contributed by atoms with Crippen LogP contribution >= 0.6 is 11.3 Å². The molecule has 0 fully saturated rings. The summed E-state index contributed by atoms with van der Waals surface area (Å²) in [6, 6.07) is 2.10. The molecule has 2 heteroatoms. The Hall–Kier alpha value is -0.500. The van der Waals surface area contributed by atoms with Crippen molar-refractivity contribution in [3.63, 3.8) is 0 Å². The van der Waals surface area contributed by atoms with E-state index in [-0.39, 0.29) is 0 Å². The first-order valence-corrected chi connectivity index (χ1v) is 3.90. The molecule has 0 saturated carbocycles. The topological polar surface area (TPSA) is 12.0 Å². The number of rotatable bonds is 0. The molecular formula is C7H7NS. The van der Waals surface area contributed by atoms with Gasteiger partial charge in [-0.2, -0.15) is 0 Å². The molecule has 0 unspecified atom stereocenters. The third-order valence-corrected chi connectivity index (χ3v) is 2.26. The molecule has 9 heavy (non-hydrogen) atoms. The molecule has 1 aliphatic heterocycles. The second kappa shape index (κ2) is 2.03. The first-order chi connectivity index (χ1) is 4.47. The molecule has 0 amide bonds. The predicted molar refractivity (Wildman–Crippen MR) is 39.8 cm³/mol. The summed E-state index contributed by atoms with van der Waals surface area (Å²) in [5.74, 6) is 0. The van der Waals surface area contributed by atoms with Gasteiger partial charge in [-0.1, -0.05) is 0 Å². The first-order valence-electron chi connectivity index (χ1n) is 3.02. The zero-order valence-electron chi connectivity index (χ0n) is 4.98. The molecule has 0 aliphatic carbocycles. The van der Waals surface area contributed by atoms with Crippen molar-refractivity contribution in [2.75, 3.05) is 11.9 Å². The SMILES string of the molecule is [C]1CCNc2sccc21. The lowest BCUT2D eigenvalue weighted by Crippen LogP contribution is -2.06. The van der Waals surface area contributed by atoms with Crippen molar-refractivity contribution in [3.05, 3.63) is 23.4 Å². The number of anilines is 1. The number of fused-ring (bicyclic) bond motifs is 1. The minimum Gasteiger partial charge on any atom is -0.377 e. The lowest BCUT2D eigenvalue weighted by Gasteiger charge is -2.11. The smallest absolute Gasteiger partial charge is 0.0921 e. The van der Waals surface area contributed by atoms with E-state index in [2.05, 4.69) is 23.2 Å². The van der Waals surface area contributed by atoms with Gasteiger partial charge in [-0.3, -0.25) is 0 Å². The molecule has 1 aromatic rings. The van der Waals surface area contributed by atoms with E-state index in [4.69, 9.17) is 0 Å². The van der Waals surface area contributed by atoms with Gasteiger partial charge < -0.3 is 5.32 Å². The van der Waals surface area contributed by atoms with Crippen molar-refractivity contribution in [1.29, 1.82) is 0 Å². The number of hydrogen-bond donors (Lipinski definition) is 1. The number of thiophene rings is 1. The zero-order valence-corrected chi connectivity index (χ0v) is 5.79. The summed E-state index contributed by atoms with van der Waals surface area (Å²) in [7, 11) is 0. The van der Waals surface area contributed by atoms with E-state index in [1.807, 2.05) is 0 Å². The van der Waals surface area contributed by atoms with Crippen LogP contribution in [0.1, 0.15) is 12.0 Å². The Morgan fingerprint density at radius 1 is 1.67 bits per heavy atom. The van der Waals surface area contributed by atoms with E-state index in [0.717, 1.165) is 13.0 Å². The standard InChI is InChI=1S/C7H7NS/c1-2-6-3-5-9-7(6)8-4-1/h3,5,8H,1,4H2. The lowest BCUT2D eigenvalue weighted by atomic mass is 10.1. The van der Waals surface area contributed by atoms with Crippen molar-refractivity contribution < 1.29 is 0 Å². The van der Waals surface area contributed by atoms with Gasteiger partial charge in [0.25, 0.3) is 0 Å². The Labute approximate surface area is 58.7 Å². The molecule has 1 nitrogen and oxygen atoms in total. The van der Waals surface area contributed by atoms with E-state index < -0.39 is 0 Å². The Balaban J connectivity index is 2.39. The van der Waals surface area contributed by atoms with Gasteiger partial charge in [-0.05, 0) is 23.4 Å². The average molecular weight is 137 g/mol. The van der Waals surface area contributed by atoms with Gasteiger partial charge in [0.05, 0.1) is 5.00 Å². The zero-order chi connectivity index (χ0) is 6.10. The lowest BCUT2D eigenvalue weighted by molar-refractivity contribution is 0.984. The maximum absolute atomic E-state index is 3.30. The highest BCUT2D eigenvalue weighted by Gasteiger charge is 2.08. The van der Waals surface area contributed by atoms with Crippen LogP contribution in [0.4, 0.5) is 5.00 Å². The van der Waals surface area contributed by atoms with E-state index in [0.29, 0.717) is 0 Å². The molecule has 0 spiro atoms. The molecule has 1 N–H and O–H groups in total. The minimum absolute atomic E-state index is 1.05. The fourth-order valence-electron chi connectivity index (χ4n) is 0.959. The molecule has 46 valence electrons. The quantitative estimate of drug-likeness (QED) is 0.576. The van der Waals surface area contributed by atoms with Gasteiger partial charge >= 0.3 is 0 Å². The van der Waals surface area contributed by atoms with Gasteiger partial charge in [-0.15, -0.1) is 11.3 Å². The van der Waals surface area contributed by atoms with Gasteiger partial charge in [-0.25, -0.2) is 0 Å². The second-order valence-electron chi connectivity index (χ2n) is 2.02. The van der Waals surface area contributed by atoms with Gasteiger partial charge in [0, 0.05) is 13.0 Å². The van der Waals surface area contributed by atoms with E-state index in [1.54, 1.807) is 11.3 Å². The molecular weight excluding hydrogens is 130 g/mol. The number of hydrogen-bond acceptors (Lipinski definition) is 2. The third-order valence-electron chi connectivity index (χ3n) is 1.39. The summed E-state index contributed by atoms with van der Waals surface area (Å²) in [6.07, 6.45) is 4.34. The van der Waals surface area contributed by atoms with Crippen molar-refractivity contribution in [1.82, 2.24) is 0 Å². The molecule has 2 radical (unpaired) electrons. The Bertz CT molecular complexity index is 184. The van der Waals surface area contributed by atoms with Crippen LogP contribution in [0.25, 0.3) is 0 Å². The Kier molecular flexibility index (Phi) is 1.19. The van der Waals surface area contributed by atoms with Gasteiger partial charge in [0.1, 0.15) is 0 Å². The summed E-state index contributed by atoms with van der Waals surface area (Å²) < 4.78 is 0. The summed E-state index contributed by atoms with van der Waals surface area (Å²) >= 11 is 1.75. The van der Waals surface area contributed by atoms with E-state index >= 15 is 0 Å². The Morgan fingerprint density at radius 2 is 2.67 bits per heavy atom. The van der Waals surface area contributed by atoms with Gasteiger partial charge in [0.15, 0.2) is 0 Å². The Morgan fingerprint density at radius 3 is 3.56 bits per heavy atom.